The fraction of sp³-hybridized carbons (Fsp3) is 0.474. The Morgan fingerprint density at radius 3 is 3.16 bits per heavy atom. The maximum Gasteiger partial charge on any atom is 0.142 e. The fourth-order valence-corrected chi connectivity index (χ4v) is 3.96. The molecule has 0 aromatic carbocycles. The number of nitrogens with zero attached hydrogens (tertiary/aromatic N) is 3. The Balaban J connectivity index is 1.38. The van der Waals surface area contributed by atoms with Crippen LogP contribution in [0.3, 0.4) is 0 Å². The van der Waals surface area contributed by atoms with Gasteiger partial charge in [-0.15, -0.1) is 0 Å². The van der Waals surface area contributed by atoms with Crippen LogP contribution in [-0.2, 0) is 11.3 Å². The Hall–Kier alpha value is -2.36. The zero-order chi connectivity index (χ0) is 17.1. The highest BCUT2D eigenvalue weighted by Gasteiger charge is 2.43. The van der Waals surface area contributed by atoms with Gasteiger partial charge in [-0.1, -0.05) is 6.07 Å². The molecule has 6 nitrogen and oxygen atoms in total. The van der Waals surface area contributed by atoms with Gasteiger partial charge in [-0.05, 0) is 43.7 Å². The monoisotopic (exact) mass is 338 g/mol. The van der Waals surface area contributed by atoms with Gasteiger partial charge in [0.1, 0.15) is 23.3 Å². The molecule has 0 radical (unpaired) electrons. The maximum absolute atomic E-state index is 8.98. The Morgan fingerprint density at radius 1 is 1.36 bits per heavy atom. The minimum atomic E-state index is -0.0879. The Labute approximate surface area is 147 Å². The molecule has 0 unspecified atom stereocenters. The van der Waals surface area contributed by atoms with E-state index in [0.717, 1.165) is 50.5 Å². The molecule has 2 aliphatic heterocycles. The number of ether oxygens (including phenoxy) is 1. The highest BCUT2D eigenvalue weighted by Crippen LogP contribution is 2.36. The molecule has 2 atom stereocenters. The molecule has 2 aliphatic rings. The van der Waals surface area contributed by atoms with E-state index in [1.54, 1.807) is 12.3 Å². The van der Waals surface area contributed by atoms with Crippen LogP contribution in [0.2, 0.25) is 0 Å². The van der Waals surface area contributed by atoms with Gasteiger partial charge >= 0.3 is 0 Å². The predicted molar refractivity (Wildman–Crippen MR) is 92.9 cm³/mol. The van der Waals surface area contributed by atoms with E-state index in [1.165, 1.54) is 0 Å². The minimum absolute atomic E-state index is 0.0879. The summed E-state index contributed by atoms with van der Waals surface area (Å²) in [6.07, 6.45) is 4.91. The number of piperidine rings is 1. The molecule has 0 saturated carbocycles. The third-order valence-corrected chi connectivity index (χ3v) is 5.00. The number of likely N-dealkylation sites (tertiary alicyclic amines) is 1. The predicted octanol–water partition coefficient (Wildman–Crippen LogP) is 2.78. The van der Waals surface area contributed by atoms with E-state index in [9.17, 15) is 0 Å². The Bertz CT molecular complexity index is 755. The van der Waals surface area contributed by atoms with E-state index in [1.807, 2.05) is 24.3 Å². The summed E-state index contributed by atoms with van der Waals surface area (Å²) < 4.78 is 11.7. The Morgan fingerprint density at radius 2 is 2.32 bits per heavy atom. The van der Waals surface area contributed by atoms with Crippen molar-refractivity contribution in [1.82, 2.24) is 9.88 Å². The maximum atomic E-state index is 8.98. The fourth-order valence-electron chi connectivity index (χ4n) is 3.96. The van der Waals surface area contributed by atoms with Crippen LogP contribution in [0.1, 0.15) is 30.7 Å². The smallest absolute Gasteiger partial charge is 0.142 e. The van der Waals surface area contributed by atoms with Crippen molar-refractivity contribution in [2.75, 3.05) is 25.0 Å². The number of nitrogens with one attached hydrogen (secondary N) is 1. The summed E-state index contributed by atoms with van der Waals surface area (Å²) in [5.41, 5.74) is 0.343. The van der Waals surface area contributed by atoms with E-state index in [-0.39, 0.29) is 11.6 Å². The van der Waals surface area contributed by atoms with Gasteiger partial charge in [0.05, 0.1) is 31.1 Å². The van der Waals surface area contributed by atoms with Crippen molar-refractivity contribution in [3.05, 3.63) is 48.0 Å². The molecule has 130 valence electrons. The lowest BCUT2D eigenvalue weighted by molar-refractivity contribution is -0.0544. The second-order valence-electron chi connectivity index (χ2n) is 6.95. The molecule has 1 spiro atoms. The molecule has 25 heavy (non-hydrogen) atoms. The summed E-state index contributed by atoms with van der Waals surface area (Å²) in [4.78, 5) is 6.72. The average molecular weight is 338 g/mol. The molecule has 2 aromatic rings. The lowest BCUT2D eigenvalue weighted by Crippen LogP contribution is -2.47. The summed E-state index contributed by atoms with van der Waals surface area (Å²) in [5.74, 6) is 1.75. The number of anilines is 1. The first kappa shape index (κ1) is 16.1. The minimum Gasteiger partial charge on any atom is -0.468 e. The van der Waals surface area contributed by atoms with Crippen molar-refractivity contribution in [3.8, 4) is 6.07 Å². The van der Waals surface area contributed by atoms with Crippen molar-refractivity contribution in [1.29, 1.82) is 5.26 Å². The molecule has 1 N–H and O–H groups in total. The summed E-state index contributed by atoms with van der Waals surface area (Å²) in [6, 6.07) is 11.7. The lowest BCUT2D eigenvalue weighted by atomic mass is 9.88. The average Bonchev–Trinajstić information content (AvgIpc) is 3.26. The number of rotatable bonds is 4. The molecule has 2 saturated heterocycles. The molecule has 0 aliphatic carbocycles. The summed E-state index contributed by atoms with van der Waals surface area (Å²) in [5, 5.41) is 12.4. The van der Waals surface area contributed by atoms with Gasteiger partial charge in [0.15, 0.2) is 0 Å². The van der Waals surface area contributed by atoms with Crippen LogP contribution in [0.4, 0.5) is 5.82 Å². The van der Waals surface area contributed by atoms with Gasteiger partial charge in [-0.3, -0.25) is 4.90 Å². The highest BCUT2D eigenvalue weighted by atomic mass is 16.5. The third-order valence-electron chi connectivity index (χ3n) is 5.00. The first-order valence-electron chi connectivity index (χ1n) is 8.77. The van der Waals surface area contributed by atoms with Crippen LogP contribution < -0.4 is 5.32 Å². The number of aromatic nitrogens is 1. The van der Waals surface area contributed by atoms with E-state index >= 15 is 0 Å². The molecule has 6 heteroatoms. The highest BCUT2D eigenvalue weighted by molar-refractivity contribution is 5.39. The molecule has 0 bridgehead atoms. The summed E-state index contributed by atoms with van der Waals surface area (Å²) >= 11 is 0. The van der Waals surface area contributed by atoms with Gasteiger partial charge in [0.25, 0.3) is 0 Å². The van der Waals surface area contributed by atoms with Crippen molar-refractivity contribution in [2.24, 2.45) is 0 Å². The van der Waals surface area contributed by atoms with E-state index in [0.29, 0.717) is 12.3 Å². The second kappa shape index (κ2) is 6.87. The van der Waals surface area contributed by atoms with Gasteiger partial charge in [0.2, 0.25) is 0 Å². The van der Waals surface area contributed by atoms with Gasteiger partial charge in [-0.2, -0.15) is 5.26 Å². The molecule has 2 fully saturated rings. The van der Waals surface area contributed by atoms with Crippen LogP contribution >= 0.6 is 0 Å². The van der Waals surface area contributed by atoms with E-state index in [2.05, 4.69) is 21.3 Å². The van der Waals surface area contributed by atoms with Gasteiger partial charge < -0.3 is 14.5 Å². The largest absolute Gasteiger partial charge is 0.468 e. The number of hydrogen-bond donors (Lipinski definition) is 1. The molecule has 0 amide bonds. The number of nitriles is 1. The SMILES string of the molecule is N#Cc1cccc(N[C@H]2CO[C@@]3(CCCN(Cc4ccco4)C3)C2)n1. The summed E-state index contributed by atoms with van der Waals surface area (Å²) in [6.45, 7) is 3.52. The Kier molecular flexibility index (Phi) is 4.43. The normalized spacial score (nSPS) is 26.6. The van der Waals surface area contributed by atoms with Crippen LogP contribution in [0, 0.1) is 11.3 Å². The zero-order valence-electron chi connectivity index (χ0n) is 14.1. The van der Waals surface area contributed by atoms with E-state index in [4.69, 9.17) is 14.4 Å². The van der Waals surface area contributed by atoms with Crippen LogP contribution in [-0.4, -0.2) is 41.2 Å². The zero-order valence-corrected chi connectivity index (χ0v) is 14.1. The van der Waals surface area contributed by atoms with Crippen LogP contribution in [0.25, 0.3) is 0 Å². The van der Waals surface area contributed by atoms with Crippen molar-refractivity contribution < 1.29 is 9.15 Å². The van der Waals surface area contributed by atoms with E-state index < -0.39 is 0 Å². The molecular weight excluding hydrogens is 316 g/mol. The standard InChI is InChI=1S/C19H22N4O2/c20-11-15-4-1-6-18(21-15)22-16-10-19(25-13-16)7-3-8-23(14-19)12-17-5-2-9-24-17/h1-2,4-6,9,16H,3,7-8,10,12-14H2,(H,21,22)/t16-,19+/m1/s1. The first-order valence-corrected chi connectivity index (χ1v) is 8.77. The molecule has 4 rings (SSSR count). The summed E-state index contributed by atoms with van der Waals surface area (Å²) in [7, 11) is 0. The third kappa shape index (κ3) is 3.68. The molecular formula is C19H22N4O2. The topological polar surface area (TPSA) is 74.3 Å². The lowest BCUT2D eigenvalue weighted by Gasteiger charge is -2.39. The molecule has 4 heterocycles. The quantitative estimate of drug-likeness (QED) is 0.924. The number of hydrogen-bond acceptors (Lipinski definition) is 6. The van der Waals surface area contributed by atoms with Crippen molar-refractivity contribution in [2.45, 2.75) is 37.5 Å². The van der Waals surface area contributed by atoms with Crippen molar-refractivity contribution >= 4 is 5.82 Å². The van der Waals surface area contributed by atoms with Gasteiger partial charge in [0, 0.05) is 13.0 Å². The second-order valence-corrected chi connectivity index (χ2v) is 6.95. The van der Waals surface area contributed by atoms with Crippen LogP contribution in [0.5, 0.6) is 0 Å². The molecule has 2 aromatic heterocycles. The van der Waals surface area contributed by atoms with Crippen LogP contribution in [0.15, 0.2) is 41.0 Å². The van der Waals surface area contributed by atoms with Gasteiger partial charge in [-0.25, -0.2) is 4.98 Å². The first-order chi connectivity index (χ1) is 12.2. The number of furan rings is 1. The number of pyridine rings is 1. The van der Waals surface area contributed by atoms with Crippen molar-refractivity contribution in [3.63, 3.8) is 0 Å².